The van der Waals surface area contributed by atoms with Gasteiger partial charge in [0.2, 0.25) is 0 Å². The molecule has 0 saturated heterocycles. The lowest BCUT2D eigenvalue weighted by atomic mass is 10.1. The molecule has 0 bridgehead atoms. The predicted molar refractivity (Wildman–Crippen MR) is 71.8 cm³/mol. The standard InChI is InChI=1S/C12H15N5S/c1-13-11(10-3-4-16(2)15-10)7-9-8-17-5-6-18-12(17)14-9/h3-6,8,11,13H,7H2,1-2H3. The molecule has 0 fully saturated rings. The van der Waals surface area contributed by atoms with E-state index in [1.807, 2.05) is 42.6 Å². The molecule has 0 spiro atoms. The van der Waals surface area contributed by atoms with Crippen molar-refractivity contribution in [3.63, 3.8) is 0 Å². The normalized spacial score (nSPS) is 13.2. The van der Waals surface area contributed by atoms with Crippen molar-refractivity contribution in [2.75, 3.05) is 7.05 Å². The number of rotatable bonds is 4. The fraction of sp³-hybridized carbons (Fsp3) is 0.333. The van der Waals surface area contributed by atoms with Crippen molar-refractivity contribution in [2.24, 2.45) is 7.05 Å². The first-order valence-corrected chi connectivity index (χ1v) is 6.72. The van der Waals surface area contributed by atoms with Crippen LogP contribution < -0.4 is 5.32 Å². The van der Waals surface area contributed by atoms with Gasteiger partial charge in [-0.05, 0) is 13.1 Å². The molecule has 0 aliphatic carbocycles. The number of aromatic nitrogens is 4. The average Bonchev–Trinajstić information content (AvgIpc) is 3.00. The fourth-order valence-electron chi connectivity index (χ4n) is 2.06. The van der Waals surface area contributed by atoms with Gasteiger partial charge < -0.3 is 5.32 Å². The number of imidazole rings is 1. The van der Waals surface area contributed by atoms with Crippen molar-refractivity contribution in [2.45, 2.75) is 12.5 Å². The van der Waals surface area contributed by atoms with Gasteiger partial charge in [0, 0.05) is 37.4 Å². The zero-order chi connectivity index (χ0) is 12.5. The Kier molecular flexibility index (Phi) is 2.89. The van der Waals surface area contributed by atoms with Crippen LogP contribution >= 0.6 is 11.3 Å². The largest absolute Gasteiger partial charge is 0.311 e. The molecule has 6 heteroatoms. The van der Waals surface area contributed by atoms with E-state index in [9.17, 15) is 0 Å². The second-order valence-corrected chi connectivity index (χ2v) is 5.16. The molecule has 0 amide bonds. The van der Waals surface area contributed by atoms with E-state index in [0.29, 0.717) is 0 Å². The Morgan fingerprint density at radius 3 is 3.00 bits per heavy atom. The van der Waals surface area contributed by atoms with Crippen LogP contribution in [0.15, 0.2) is 30.0 Å². The first kappa shape index (κ1) is 11.4. The van der Waals surface area contributed by atoms with Crippen molar-refractivity contribution in [3.8, 4) is 0 Å². The Hall–Kier alpha value is -1.66. The molecular weight excluding hydrogens is 246 g/mol. The summed E-state index contributed by atoms with van der Waals surface area (Å²) in [6.07, 6.45) is 6.93. The van der Waals surface area contributed by atoms with Crippen LogP contribution in [0.25, 0.3) is 4.96 Å². The fourth-order valence-corrected chi connectivity index (χ4v) is 2.78. The van der Waals surface area contributed by atoms with E-state index in [4.69, 9.17) is 0 Å². The van der Waals surface area contributed by atoms with Crippen molar-refractivity contribution < 1.29 is 0 Å². The lowest BCUT2D eigenvalue weighted by Gasteiger charge is -2.11. The summed E-state index contributed by atoms with van der Waals surface area (Å²) in [5.74, 6) is 0. The predicted octanol–water partition coefficient (Wildman–Crippen LogP) is 1.63. The second kappa shape index (κ2) is 4.55. The molecule has 0 aliphatic heterocycles. The van der Waals surface area contributed by atoms with Crippen LogP contribution in [0.2, 0.25) is 0 Å². The van der Waals surface area contributed by atoms with E-state index < -0.39 is 0 Å². The minimum Gasteiger partial charge on any atom is -0.311 e. The van der Waals surface area contributed by atoms with Gasteiger partial charge in [0.05, 0.1) is 17.4 Å². The summed E-state index contributed by atoms with van der Waals surface area (Å²) < 4.78 is 3.89. The van der Waals surface area contributed by atoms with E-state index in [1.54, 1.807) is 11.3 Å². The molecule has 1 N–H and O–H groups in total. The molecule has 3 aromatic rings. The zero-order valence-electron chi connectivity index (χ0n) is 10.4. The van der Waals surface area contributed by atoms with Crippen molar-refractivity contribution in [3.05, 3.63) is 41.4 Å². The highest BCUT2D eigenvalue weighted by atomic mass is 32.1. The number of thiazole rings is 1. The van der Waals surface area contributed by atoms with Crippen LogP contribution in [0.4, 0.5) is 0 Å². The summed E-state index contributed by atoms with van der Waals surface area (Å²) in [5.41, 5.74) is 2.14. The number of likely N-dealkylation sites (N-methyl/N-ethyl adjacent to an activating group) is 1. The van der Waals surface area contributed by atoms with E-state index in [0.717, 1.165) is 22.8 Å². The summed E-state index contributed by atoms with van der Waals surface area (Å²) in [7, 11) is 3.89. The number of hydrogen-bond donors (Lipinski definition) is 1. The summed E-state index contributed by atoms with van der Waals surface area (Å²) in [4.78, 5) is 5.64. The Balaban J connectivity index is 1.83. The lowest BCUT2D eigenvalue weighted by Crippen LogP contribution is -2.19. The van der Waals surface area contributed by atoms with E-state index in [-0.39, 0.29) is 6.04 Å². The molecule has 0 aliphatic rings. The maximum atomic E-state index is 4.60. The molecule has 3 aromatic heterocycles. The third-order valence-corrected chi connectivity index (χ3v) is 3.77. The number of nitrogens with zero attached hydrogens (tertiary/aromatic N) is 4. The molecule has 0 saturated carbocycles. The molecule has 3 rings (SSSR count). The second-order valence-electron chi connectivity index (χ2n) is 4.28. The average molecular weight is 261 g/mol. The van der Waals surface area contributed by atoms with E-state index in [1.165, 1.54) is 0 Å². The maximum absolute atomic E-state index is 4.60. The van der Waals surface area contributed by atoms with Gasteiger partial charge in [0.25, 0.3) is 0 Å². The molecule has 1 atom stereocenters. The molecule has 5 nitrogen and oxygen atoms in total. The maximum Gasteiger partial charge on any atom is 0.193 e. The monoisotopic (exact) mass is 261 g/mol. The van der Waals surface area contributed by atoms with Crippen LogP contribution in [0.5, 0.6) is 0 Å². The molecule has 3 heterocycles. The van der Waals surface area contributed by atoms with Gasteiger partial charge in [-0.1, -0.05) is 0 Å². The minimum atomic E-state index is 0.204. The highest BCUT2D eigenvalue weighted by Gasteiger charge is 2.15. The molecule has 0 aromatic carbocycles. The summed E-state index contributed by atoms with van der Waals surface area (Å²) in [6, 6.07) is 2.25. The minimum absolute atomic E-state index is 0.204. The van der Waals surface area contributed by atoms with Gasteiger partial charge in [0.1, 0.15) is 0 Å². The topological polar surface area (TPSA) is 47.1 Å². The first-order valence-electron chi connectivity index (χ1n) is 5.84. The lowest BCUT2D eigenvalue weighted by molar-refractivity contribution is 0.558. The molecule has 18 heavy (non-hydrogen) atoms. The molecular formula is C12H15N5S. The van der Waals surface area contributed by atoms with Crippen LogP contribution in [0.1, 0.15) is 17.4 Å². The Morgan fingerprint density at radius 2 is 2.33 bits per heavy atom. The Morgan fingerprint density at radius 1 is 1.44 bits per heavy atom. The summed E-state index contributed by atoms with van der Waals surface area (Å²) in [5, 5.41) is 9.78. The molecule has 1 unspecified atom stereocenters. The van der Waals surface area contributed by atoms with Gasteiger partial charge in [-0.3, -0.25) is 9.08 Å². The highest BCUT2D eigenvalue weighted by molar-refractivity contribution is 7.15. The first-order chi connectivity index (χ1) is 8.76. The van der Waals surface area contributed by atoms with Gasteiger partial charge >= 0.3 is 0 Å². The van der Waals surface area contributed by atoms with Crippen LogP contribution in [-0.4, -0.2) is 26.2 Å². The van der Waals surface area contributed by atoms with Crippen molar-refractivity contribution in [1.29, 1.82) is 0 Å². The SMILES string of the molecule is CNC(Cc1cn2ccsc2n1)c1ccn(C)n1. The van der Waals surface area contributed by atoms with Gasteiger partial charge in [-0.15, -0.1) is 11.3 Å². The number of nitrogens with one attached hydrogen (secondary N) is 1. The quantitative estimate of drug-likeness (QED) is 0.776. The van der Waals surface area contributed by atoms with Crippen LogP contribution in [0.3, 0.4) is 0 Å². The van der Waals surface area contributed by atoms with E-state index >= 15 is 0 Å². The third-order valence-electron chi connectivity index (χ3n) is 3.00. The highest BCUT2D eigenvalue weighted by Crippen LogP contribution is 2.18. The zero-order valence-corrected chi connectivity index (χ0v) is 11.2. The van der Waals surface area contributed by atoms with Crippen LogP contribution in [0, 0.1) is 0 Å². The van der Waals surface area contributed by atoms with Crippen LogP contribution in [-0.2, 0) is 13.5 Å². The van der Waals surface area contributed by atoms with Crippen molar-refractivity contribution >= 4 is 16.3 Å². The van der Waals surface area contributed by atoms with Gasteiger partial charge in [-0.25, -0.2) is 4.98 Å². The molecule has 0 radical (unpaired) electrons. The van der Waals surface area contributed by atoms with Gasteiger partial charge in [0.15, 0.2) is 4.96 Å². The summed E-state index contributed by atoms with van der Waals surface area (Å²) in [6.45, 7) is 0. The van der Waals surface area contributed by atoms with Crippen molar-refractivity contribution in [1.82, 2.24) is 24.5 Å². The summed E-state index contributed by atoms with van der Waals surface area (Å²) >= 11 is 1.65. The Bertz CT molecular complexity index is 622. The smallest absolute Gasteiger partial charge is 0.193 e. The van der Waals surface area contributed by atoms with Gasteiger partial charge in [-0.2, -0.15) is 5.10 Å². The molecule has 94 valence electrons. The Labute approximate surface area is 109 Å². The third kappa shape index (κ3) is 2.04. The number of fused-ring (bicyclic) bond motifs is 1. The number of hydrogen-bond acceptors (Lipinski definition) is 4. The number of aryl methyl sites for hydroxylation is 1. The van der Waals surface area contributed by atoms with E-state index in [2.05, 4.69) is 26.0 Å².